The Balaban J connectivity index is 1.61. The van der Waals surface area contributed by atoms with Gasteiger partial charge in [-0.25, -0.2) is 4.39 Å². The summed E-state index contributed by atoms with van der Waals surface area (Å²) in [6, 6.07) is 16.6. The average molecular weight is 461 g/mol. The average Bonchev–Trinajstić information content (AvgIpc) is 3.26. The highest BCUT2D eigenvalue weighted by molar-refractivity contribution is 5.98. The van der Waals surface area contributed by atoms with Crippen LogP contribution in [0.4, 0.5) is 4.39 Å². The van der Waals surface area contributed by atoms with Crippen molar-refractivity contribution >= 4 is 5.91 Å². The fourth-order valence-electron chi connectivity index (χ4n) is 6.59. The second kappa shape index (κ2) is 8.00. The molecular formula is C29H33FN2O2. The minimum atomic E-state index is -0.318. The van der Waals surface area contributed by atoms with Crippen LogP contribution in [0.5, 0.6) is 5.75 Å². The van der Waals surface area contributed by atoms with E-state index in [-0.39, 0.29) is 28.6 Å². The molecule has 3 aromatic rings. The lowest BCUT2D eigenvalue weighted by atomic mass is 9.65. The molecule has 2 fully saturated rings. The fourth-order valence-corrected chi connectivity index (χ4v) is 6.59. The molecule has 1 aliphatic carbocycles. The van der Waals surface area contributed by atoms with Crippen LogP contribution in [-0.4, -0.2) is 35.1 Å². The predicted octanol–water partition coefficient (Wildman–Crippen LogP) is 6.64. The van der Waals surface area contributed by atoms with Gasteiger partial charge in [0.1, 0.15) is 11.6 Å². The Hall–Kier alpha value is -3.08. The molecule has 0 radical (unpaired) electrons. The summed E-state index contributed by atoms with van der Waals surface area (Å²) >= 11 is 0. The van der Waals surface area contributed by atoms with Gasteiger partial charge in [-0.2, -0.15) is 0 Å². The third kappa shape index (κ3) is 3.81. The summed E-state index contributed by atoms with van der Waals surface area (Å²) in [6.45, 7) is 9.64. The highest BCUT2D eigenvalue weighted by Crippen LogP contribution is 2.53. The molecule has 34 heavy (non-hydrogen) atoms. The zero-order valence-electron chi connectivity index (χ0n) is 20.7. The van der Waals surface area contributed by atoms with Crippen molar-refractivity contribution in [1.29, 1.82) is 0 Å². The molecule has 5 heteroatoms. The van der Waals surface area contributed by atoms with E-state index in [0.29, 0.717) is 11.3 Å². The Morgan fingerprint density at radius 2 is 1.76 bits per heavy atom. The maximum atomic E-state index is 15.0. The van der Waals surface area contributed by atoms with Gasteiger partial charge in [0.05, 0.1) is 24.1 Å². The quantitative estimate of drug-likeness (QED) is 0.437. The van der Waals surface area contributed by atoms with Crippen LogP contribution in [-0.2, 0) is 0 Å². The summed E-state index contributed by atoms with van der Waals surface area (Å²) in [6.07, 6.45) is 3.21. The van der Waals surface area contributed by atoms with Crippen molar-refractivity contribution in [2.24, 2.45) is 10.8 Å². The molecule has 0 N–H and O–H groups in total. The van der Waals surface area contributed by atoms with Gasteiger partial charge in [-0.1, -0.05) is 32.9 Å². The van der Waals surface area contributed by atoms with Gasteiger partial charge in [-0.3, -0.25) is 4.79 Å². The molecule has 0 spiro atoms. The van der Waals surface area contributed by atoms with Gasteiger partial charge in [0.25, 0.3) is 5.91 Å². The summed E-state index contributed by atoms with van der Waals surface area (Å²) in [4.78, 5) is 16.1. The molecule has 2 aromatic carbocycles. The SMILES string of the molecule is COc1ccc(-c2cc(C(=O)N3CC4(C)CC3CC(C)(C)C4)c(C)n2-c2ccccc2F)cc1. The second-order valence-electron chi connectivity index (χ2n) is 11.2. The number of hydrogen-bond acceptors (Lipinski definition) is 2. The molecule has 1 aliphatic heterocycles. The van der Waals surface area contributed by atoms with Crippen LogP contribution in [0, 0.1) is 23.6 Å². The van der Waals surface area contributed by atoms with Gasteiger partial charge >= 0.3 is 0 Å². The predicted molar refractivity (Wildman–Crippen MR) is 133 cm³/mol. The number of aromatic nitrogens is 1. The molecular weight excluding hydrogens is 427 g/mol. The standard InChI is InChI=1S/C29H33FN2O2/c1-19-23(27(33)31-18-29(4)16-21(31)15-28(2,3)17-29)14-26(20-10-12-22(34-5)13-11-20)32(19)25-9-7-6-8-24(25)30/h6-14,21H,15-18H2,1-5H3. The zero-order chi connectivity index (χ0) is 24.3. The van der Waals surface area contributed by atoms with E-state index in [1.807, 2.05) is 47.9 Å². The Bertz CT molecular complexity index is 1240. The van der Waals surface area contributed by atoms with Gasteiger partial charge in [0.2, 0.25) is 0 Å². The molecule has 4 nitrogen and oxygen atoms in total. The number of likely N-dealkylation sites (tertiary alicyclic amines) is 1. The Morgan fingerprint density at radius 3 is 2.44 bits per heavy atom. The van der Waals surface area contributed by atoms with Crippen LogP contribution in [0.15, 0.2) is 54.6 Å². The second-order valence-corrected chi connectivity index (χ2v) is 11.2. The summed E-state index contributed by atoms with van der Waals surface area (Å²) in [5.41, 5.74) is 3.92. The first-order valence-electron chi connectivity index (χ1n) is 12.0. The lowest BCUT2D eigenvalue weighted by molar-refractivity contribution is 0.0707. The van der Waals surface area contributed by atoms with Crippen molar-refractivity contribution in [1.82, 2.24) is 9.47 Å². The smallest absolute Gasteiger partial charge is 0.255 e. The number of para-hydroxylation sites is 1. The summed E-state index contributed by atoms with van der Waals surface area (Å²) in [5.74, 6) is 0.482. The highest BCUT2D eigenvalue weighted by atomic mass is 19.1. The number of carbonyl (C=O) groups excluding carboxylic acids is 1. The first kappa shape index (κ1) is 22.7. The topological polar surface area (TPSA) is 34.5 Å². The molecule has 1 aromatic heterocycles. The van der Waals surface area contributed by atoms with Crippen LogP contribution in [0.1, 0.15) is 56.1 Å². The first-order valence-corrected chi connectivity index (χ1v) is 12.0. The van der Waals surface area contributed by atoms with E-state index in [9.17, 15) is 9.18 Å². The lowest BCUT2D eigenvalue weighted by Crippen LogP contribution is -2.37. The van der Waals surface area contributed by atoms with Crippen LogP contribution in [0.2, 0.25) is 0 Å². The molecule has 5 rings (SSSR count). The third-order valence-corrected chi connectivity index (χ3v) is 7.63. The van der Waals surface area contributed by atoms with E-state index < -0.39 is 0 Å². The first-order chi connectivity index (χ1) is 16.1. The highest BCUT2D eigenvalue weighted by Gasteiger charge is 2.51. The van der Waals surface area contributed by atoms with Gasteiger partial charge in [0, 0.05) is 18.3 Å². The maximum Gasteiger partial charge on any atom is 0.255 e. The van der Waals surface area contributed by atoms with Gasteiger partial charge < -0.3 is 14.2 Å². The fraction of sp³-hybridized carbons (Fsp3) is 0.414. The van der Waals surface area contributed by atoms with Crippen molar-refractivity contribution in [3.05, 3.63) is 71.7 Å². The Labute approximate surface area is 201 Å². The molecule has 2 unspecified atom stereocenters. The van der Waals surface area contributed by atoms with E-state index in [4.69, 9.17) is 4.74 Å². The van der Waals surface area contributed by atoms with Crippen molar-refractivity contribution in [2.75, 3.05) is 13.7 Å². The number of rotatable bonds is 4. The van der Waals surface area contributed by atoms with Gasteiger partial charge in [-0.05, 0) is 85.0 Å². The molecule has 2 heterocycles. The largest absolute Gasteiger partial charge is 0.497 e. The van der Waals surface area contributed by atoms with Crippen molar-refractivity contribution in [3.8, 4) is 22.7 Å². The number of fused-ring (bicyclic) bond motifs is 2. The van der Waals surface area contributed by atoms with Crippen molar-refractivity contribution < 1.29 is 13.9 Å². The summed E-state index contributed by atoms with van der Waals surface area (Å²) < 4.78 is 22.1. The molecule has 2 atom stereocenters. The molecule has 2 aliphatic rings. The van der Waals surface area contributed by atoms with Gasteiger partial charge in [0.15, 0.2) is 0 Å². The number of ether oxygens (including phenoxy) is 1. The number of nitrogens with zero attached hydrogens (tertiary/aromatic N) is 2. The lowest BCUT2D eigenvalue weighted by Gasteiger charge is -2.39. The normalized spacial score (nSPS) is 23.2. The van der Waals surface area contributed by atoms with Crippen molar-refractivity contribution in [3.63, 3.8) is 0 Å². The maximum absolute atomic E-state index is 15.0. The van der Waals surface area contributed by atoms with E-state index in [1.165, 1.54) is 6.07 Å². The molecule has 1 saturated heterocycles. The molecule has 178 valence electrons. The van der Waals surface area contributed by atoms with E-state index in [2.05, 4.69) is 25.7 Å². The molecule has 2 bridgehead atoms. The van der Waals surface area contributed by atoms with Crippen molar-refractivity contribution in [2.45, 2.75) is 53.0 Å². The van der Waals surface area contributed by atoms with E-state index in [0.717, 1.165) is 48.5 Å². The Morgan fingerprint density at radius 1 is 1.06 bits per heavy atom. The van der Waals surface area contributed by atoms with Crippen LogP contribution in [0.25, 0.3) is 16.9 Å². The number of benzene rings is 2. The Kier molecular flexibility index (Phi) is 5.34. The van der Waals surface area contributed by atoms with Crippen LogP contribution < -0.4 is 4.74 Å². The van der Waals surface area contributed by atoms with E-state index in [1.54, 1.807) is 19.2 Å². The van der Waals surface area contributed by atoms with Crippen LogP contribution >= 0.6 is 0 Å². The number of carbonyl (C=O) groups is 1. The summed E-state index contributed by atoms with van der Waals surface area (Å²) in [7, 11) is 1.63. The number of amides is 1. The number of halogens is 1. The third-order valence-electron chi connectivity index (χ3n) is 7.63. The minimum absolute atomic E-state index is 0.0498. The number of hydrogen-bond donors (Lipinski definition) is 0. The monoisotopic (exact) mass is 460 g/mol. The molecule has 1 amide bonds. The molecule has 1 saturated carbocycles. The van der Waals surface area contributed by atoms with Gasteiger partial charge in [-0.15, -0.1) is 0 Å². The minimum Gasteiger partial charge on any atom is -0.497 e. The number of methoxy groups -OCH3 is 1. The van der Waals surface area contributed by atoms with E-state index >= 15 is 0 Å². The summed E-state index contributed by atoms with van der Waals surface area (Å²) in [5, 5.41) is 0. The zero-order valence-corrected chi connectivity index (χ0v) is 20.7. The van der Waals surface area contributed by atoms with Crippen LogP contribution in [0.3, 0.4) is 0 Å².